The highest BCUT2D eigenvalue weighted by Crippen LogP contribution is 2.32. The molecule has 1 amide bonds. The van der Waals surface area contributed by atoms with Gasteiger partial charge in [0.1, 0.15) is 6.04 Å². The minimum absolute atomic E-state index is 0.288. The van der Waals surface area contributed by atoms with Crippen molar-refractivity contribution >= 4 is 23.6 Å². The van der Waals surface area contributed by atoms with E-state index in [0.29, 0.717) is 5.56 Å². The van der Waals surface area contributed by atoms with Crippen LogP contribution in [0.15, 0.2) is 60.7 Å². The minimum atomic E-state index is -0.751. The molecule has 1 N–H and O–H groups in total. The van der Waals surface area contributed by atoms with E-state index in [9.17, 15) is 9.59 Å². The summed E-state index contributed by atoms with van der Waals surface area (Å²) in [6.07, 6.45) is 0. The molecule has 0 unspecified atom stereocenters. The Kier molecular flexibility index (Phi) is 6.65. The zero-order chi connectivity index (χ0) is 18.3. The highest BCUT2D eigenvalue weighted by atomic mass is 32.2. The lowest BCUT2D eigenvalue weighted by atomic mass is 10.0. The summed E-state index contributed by atoms with van der Waals surface area (Å²) < 4.78 is 4.39. The predicted molar refractivity (Wildman–Crippen MR) is 102 cm³/mol. The molecule has 0 spiro atoms. The van der Waals surface area contributed by atoms with Gasteiger partial charge in [-0.2, -0.15) is 0 Å². The Morgan fingerprint density at radius 3 is 2.16 bits per heavy atom. The lowest BCUT2D eigenvalue weighted by Crippen LogP contribution is -2.53. The maximum atomic E-state index is 12.5. The number of thioether (sulfide) groups is 1. The molecule has 0 bridgehead atoms. The first kappa shape index (κ1) is 19.1. The highest BCUT2D eigenvalue weighted by Gasteiger charge is 2.38. The Morgan fingerprint density at radius 2 is 1.60 bits per heavy atom. The second-order valence-electron chi connectivity index (χ2n) is 6.17. The van der Waals surface area contributed by atoms with Crippen LogP contribution in [-0.4, -0.2) is 29.8 Å². The van der Waals surface area contributed by atoms with E-state index in [1.807, 2.05) is 50.2 Å². The van der Waals surface area contributed by atoms with E-state index in [0.717, 1.165) is 5.75 Å². The molecule has 0 aliphatic carbocycles. The van der Waals surface area contributed by atoms with Crippen LogP contribution in [0.5, 0.6) is 0 Å². The van der Waals surface area contributed by atoms with E-state index in [4.69, 9.17) is 4.74 Å². The smallest absolute Gasteiger partial charge is 0.329 e. The van der Waals surface area contributed by atoms with Crippen LogP contribution < -0.4 is 5.32 Å². The molecule has 2 rings (SSSR count). The number of amides is 1. The van der Waals surface area contributed by atoms with E-state index in [-0.39, 0.29) is 5.91 Å². The maximum absolute atomic E-state index is 12.5. The van der Waals surface area contributed by atoms with Gasteiger partial charge in [-0.1, -0.05) is 48.5 Å². The maximum Gasteiger partial charge on any atom is 0.329 e. The van der Waals surface area contributed by atoms with Crippen molar-refractivity contribution in [1.82, 2.24) is 5.32 Å². The zero-order valence-electron chi connectivity index (χ0n) is 14.7. The molecule has 1 atom stereocenters. The summed E-state index contributed by atoms with van der Waals surface area (Å²) in [4.78, 5) is 24.8. The molecule has 0 radical (unpaired) electrons. The number of carbonyl (C=O) groups is 2. The molecule has 25 heavy (non-hydrogen) atoms. The van der Waals surface area contributed by atoms with Gasteiger partial charge in [-0.05, 0) is 31.5 Å². The SMILES string of the molecule is COC(=O)[C@H](NC(=O)c1ccccc1)C(C)(C)SCc1ccccc1. The Bertz CT molecular complexity index is 701. The van der Waals surface area contributed by atoms with Gasteiger partial charge in [0.2, 0.25) is 0 Å². The van der Waals surface area contributed by atoms with E-state index in [1.165, 1.54) is 12.7 Å². The molecule has 0 saturated heterocycles. The van der Waals surface area contributed by atoms with Gasteiger partial charge in [-0.15, -0.1) is 11.8 Å². The first-order chi connectivity index (χ1) is 11.9. The van der Waals surface area contributed by atoms with Crippen molar-refractivity contribution in [2.45, 2.75) is 30.4 Å². The van der Waals surface area contributed by atoms with Crippen LogP contribution >= 0.6 is 11.8 Å². The Hall–Kier alpha value is -2.27. The average molecular weight is 357 g/mol. The lowest BCUT2D eigenvalue weighted by molar-refractivity contribution is -0.143. The molecule has 2 aromatic rings. The van der Waals surface area contributed by atoms with E-state index in [1.54, 1.807) is 36.0 Å². The van der Waals surface area contributed by atoms with Crippen LogP contribution in [0.3, 0.4) is 0 Å². The van der Waals surface area contributed by atoms with Crippen molar-refractivity contribution in [2.75, 3.05) is 7.11 Å². The van der Waals surface area contributed by atoms with Gasteiger partial charge >= 0.3 is 5.97 Å². The molecular weight excluding hydrogens is 334 g/mol. The van der Waals surface area contributed by atoms with Crippen molar-refractivity contribution in [3.05, 3.63) is 71.8 Å². The summed E-state index contributed by atoms with van der Waals surface area (Å²) >= 11 is 1.61. The first-order valence-corrected chi connectivity index (χ1v) is 9.04. The van der Waals surface area contributed by atoms with E-state index in [2.05, 4.69) is 5.32 Å². The fraction of sp³-hybridized carbons (Fsp3) is 0.300. The number of ether oxygens (including phenoxy) is 1. The fourth-order valence-corrected chi connectivity index (χ4v) is 3.42. The van der Waals surface area contributed by atoms with Crippen molar-refractivity contribution in [1.29, 1.82) is 0 Å². The van der Waals surface area contributed by atoms with Gasteiger partial charge in [0.05, 0.1) is 7.11 Å². The van der Waals surface area contributed by atoms with Crippen LogP contribution in [0, 0.1) is 0 Å². The Balaban J connectivity index is 2.12. The number of hydrogen-bond donors (Lipinski definition) is 1. The van der Waals surface area contributed by atoms with Crippen LogP contribution in [0.2, 0.25) is 0 Å². The Labute approximate surface area is 153 Å². The topological polar surface area (TPSA) is 55.4 Å². The number of rotatable bonds is 7. The molecule has 4 nitrogen and oxygen atoms in total. The van der Waals surface area contributed by atoms with Gasteiger partial charge in [0, 0.05) is 16.1 Å². The van der Waals surface area contributed by atoms with Crippen molar-refractivity contribution in [2.24, 2.45) is 0 Å². The second-order valence-corrected chi connectivity index (χ2v) is 7.80. The molecule has 0 aliphatic heterocycles. The summed E-state index contributed by atoms with van der Waals surface area (Å²) in [6.45, 7) is 3.88. The second kappa shape index (κ2) is 8.72. The summed E-state index contributed by atoms with van der Waals surface area (Å²) in [5, 5.41) is 2.83. The third kappa shape index (κ3) is 5.36. The fourth-order valence-electron chi connectivity index (χ4n) is 2.37. The molecule has 132 valence electrons. The summed E-state index contributed by atoms with van der Waals surface area (Å²) in [7, 11) is 1.34. The number of esters is 1. The molecule has 5 heteroatoms. The third-order valence-corrected chi connectivity index (χ3v) is 5.35. The largest absolute Gasteiger partial charge is 0.467 e. The number of nitrogens with one attached hydrogen (secondary N) is 1. The van der Waals surface area contributed by atoms with Gasteiger partial charge < -0.3 is 10.1 Å². The van der Waals surface area contributed by atoms with Gasteiger partial charge in [-0.25, -0.2) is 4.79 Å². The summed E-state index contributed by atoms with van der Waals surface area (Å²) in [6, 6.07) is 18.1. The molecule has 0 heterocycles. The van der Waals surface area contributed by atoms with Crippen LogP contribution in [0.4, 0.5) is 0 Å². The number of hydrogen-bond acceptors (Lipinski definition) is 4. The van der Waals surface area contributed by atoms with E-state index < -0.39 is 16.8 Å². The van der Waals surface area contributed by atoms with Crippen LogP contribution in [0.1, 0.15) is 29.8 Å². The molecule has 0 aliphatic rings. The van der Waals surface area contributed by atoms with Crippen LogP contribution in [0.25, 0.3) is 0 Å². The summed E-state index contributed by atoms with van der Waals surface area (Å²) in [5.74, 6) is 0.00181. The van der Waals surface area contributed by atoms with Gasteiger partial charge in [-0.3, -0.25) is 4.79 Å². The van der Waals surface area contributed by atoms with Gasteiger partial charge in [0.15, 0.2) is 0 Å². The standard InChI is InChI=1S/C20H23NO3S/c1-20(2,25-14-15-10-6-4-7-11-15)17(19(23)24-3)21-18(22)16-12-8-5-9-13-16/h4-13,17H,14H2,1-3H3,(H,21,22)/t17-/m0/s1. The normalized spacial score (nSPS) is 12.3. The zero-order valence-corrected chi connectivity index (χ0v) is 15.5. The lowest BCUT2D eigenvalue weighted by Gasteiger charge is -2.32. The molecule has 0 fully saturated rings. The molecule has 0 saturated carbocycles. The van der Waals surface area contributed by atoms with Crippen LogP contribution in [-0.2, 0) is 15.3 Å². The number of benzene rings is 2. The first-order valence-electron chi connectivity index (χ1n) is 8.05. The molecular formula is C20H23NO3S. The van der Waals surface area contributed by atoms with Crippen molar-refractivity contribution in [3.63, 3.8) is 0 Å². The average Bonchev–Trinajstić information content (AvgIpc) is 2.65. The predicted octanol–water partition coefficient (Wildman–Crippen LogP) is 3.67. The summed E-state index contributed by atoms with van der Waals surface area (Å²) in [5.41, 5.74) is 1.68. The molecule has 2 aromatic carbocycles. The number of methoxy groups -OCH3 is 1. The molecule has 0 aromatic heterocycles. The third-order valence-electron chi connectivity index (χ3n) is 3.90. The van der Waals surface area contributed by atoms with Crippen molar-refractivity contribution < 1.29 is 14.3 Å². The monoisotopic (exact) mass is 357 g/mol. The minimum Gasteiger partial charge on any atom is -0.467 e. The van der Waals surface area contributed by atoms with E-state index >= 15 is 0 Å². The highest BCUT2D eigenvalue weighted by molar-refractivity contribution is 7.99. The van der Waals surface area contributed by atoms with Gasteiger partial charge in [0.25, 0.3) is 5.91 Å². The van der Waals surface area contributed by atoms with Crippen molar-refractivity contribution in [3.8, 4) is 0 Å². The quantitative estimate of drug-likeness (QED) is 0.768. The number of carbonyl (C=O) groups excluding carboxylic acids is 2. The Morgan fingerprint density at radius 1 is 1.04 bits per heavy atom.